The lowest BCUT2D eigenvalue weighted by molar-refractivity contribution is 0.339. The topological polar surface area (TPSA) is 26.3 Å². The SMILES string of the molecule is CCOP(=O)(CCl)CCl. The molecule has 0 radical (unpaired) electrons. The minimum absolute atomic E-state index is 0.00431. The molecule has 0 heterocycles. The molecule has 0 fully saturated rings. The zero-order valence-corrected chi connectivity index (χ0v) is 7.55. The first kappa shape index (κ1) is 9.77. The summed E-state index contributed by atoms with van der Waals surface area (Å²) in [5, 5.41) is 0. The molecule has 0 atom stereocenters. The van der Waals surface area contributed by atoms with E-state index in [1.54, 1.807) is 6.92 Å². The predicted molar refractivity (Wildman–Crippen MR) is 40.7 cm³/mol. The van der Waals surface area contributed by atoms with Gasteiger partial charge in [-0.15, -0.1) is 23.2 Å². The summed E-state index contributed by atoms with van der Waals surface area (Å²) in [7, 11) is -2.65. The van der Waals surface area contributed by atoms with Crippen LogP contribution in [-0.2, 0) is 9.09 Å². The van der Waals surface area contributed by atoms with Crippen molar-refractivity contribution in [1.82, 2.24) is 0 Å². The Hall–Kier alpha value is 0.770. The average molecular weight is 191 g/mol. The molecule has 9 heavy (non-hydrogen) atoms. The molecule has 0 saturated carbocycles. The Labute approximate surface area is 64.9 Å². The van der Waals surface area contributed by atoms with E-state index in [0.29, 0.717) is 6.61 Å². The van der Waals surface area contributed by atoms with Gasteiger partial charge in [-0.25, -0.2) is 0 Å². The smallest absolute Gasteiger partial charge is 0.231 e. The molecule has 0 aliphatic carbocycles. The first-order valence-corrected chi connectivity index (χ1v) is 5.59. The molecule has 2 nitrogen and oxygen atoms in total. The van der Waals surface area contributed by atoms with Crippen molar-refractivity contribution in [3.05, 3.63) is 0 Å². The Morgan fingerprint density at radius 3 is 2.00 bits per heavy atom. The molecule has 0 amide bonds. The van der Waals surface area contributed by atoms with Gasteiger partial charge in [-0.1, -0.05) is 0 Å². The first-order chi connectivity index (χ1) is 4.18. The summed E-state index contributed by atoms with van der Waals surface area (Å²) in [5.74, 6) is 0. The fourth-order valence-electron chi connectivity index (χ4n) is 0.336. The van der Waals surface area contributed by atoms with Crippen molar-refractivity contribution in [2.24, 2.45) is 0 Å². The van der Waals surface area contributed by atoms with Crippen LogP contribution in [0.25, 0.3) is 0 Å². The van der Waals surface area contributed by atoms with Gasteiger partial charge in [-0.05, 0) is 6.92 Å². The minimum atomic E-state index is -2.65. The van der Waals surface area contributed by atoms with E-state index in [0.717, 1.165) is 0 Å². The first-order valence-electron chi connectivity index (χ1n) is 2.53. The summed E-state index contributed by atoms with van der Waals surface area (Å²) in [6.07, 6.45) is 0. The van der Waals surface area contributed by atoms with Crippen LogP contribution in [-0.4, -0.2) is 17.8 Å². The molecule has 0 unspecified atom stereocenters. The second-order valence-electron chi connectivity index (χ2n) is 1.47. The Kier molecular flexibility index (Phi) is 4.96. The number of hydrogen-bond acceptors (Lipinski definition) is 2. The maximum absolute atomic E-state index is 11.1. The maximum atomic E-state index is 11.1. The van der Waals surface area contributed by atoms with Crippen molar-refractivity contribution < 1.29 is 9.09 Å². The van der Waals surface area contributed by atoms with Crippen molar-refractivity contribution in [2.75, 3.05) is 17.8 Å². The number of alkyl halides is 2. The van der Waals surface area contributed by atoms with Crippen molar-refractivity contribution >= 4 is 30.6 Å². The summed E-state index contributed by atoms with van der Waals surface area (Å²) >= 11 is 10.6. The van der Waals surface area contributed by atoms with Crippen LogP contribution in [0.4, 0.5) is 0 Å². The van der Waals surface area contributed by atoms with Crippen molar-refractivity contribution in [2.45, 2.75) is 6.92 Å². The molecule has 0 aliphatic rings. The van der Waals surface area contributed by atoms with Crippen LogP contribution in [0.1, 0.15) is 6.92 Å². The van der Waals surface area contributed by atoms with Gasteiger partial charge in [0.1, 0.15) is 11.2 Å². The largest absolute Gasteiger partial charge is 0.327 e. The van der Waals surface area contributed by atoms with E-state index in [9.17, 15) is 4.57 Å². The fraction of sp³-hybridized carbons (Fsp3) is 1.00. The van der Waals surface area contributed by atoms with Gasteiger partial charge < -0.3 is 4.52 Å². The summed E-state index contributed by atoms with van der Waals surface area (Å²) in [5.41, 5.74) is 0.00861. The summed E-state index contributed by atoms with van der Waals surface area (Å²) < 4.78 is 15.9. The molecule has 56 valence electrons. The molecule has 5 heteroatoms. The van der Waals surface area contributed by atoms with Crippen LogP contribution in [0.3, 0.4) is 0 Å². The molecule has 0 spiro atoms. The lowest BCUT2D eigenvalue weighted by Gasteiger charge is -2.09. The van der Waals surface area contributed by atoms with Crippen molar-refractivity contribution in [3.63, 3.8) is 0 Å². The Balaban J connectivity index is 3.78. The normalized spacial score (nSPS) is 11.9. The third-order valence-corrected chi connectivity index (χ3v) is 4.37. The van der Waals surface area contributed by atoms with E-state index in [-0.39, 0.29) is 11.2 Å². The molecule has 0 aromatic rings. The third-order valence-electron chi connectivity index (χ3n) is 0.729. The molecule has 0 rings (SSSR count). The highest BCUT2D eigenvalue weighted by molar-refractivity contribution is 7.62. The van der Waals surface area contributed by atoms with E-state index in [4.69, 9.17) is 27.7 Å². The van der Waals surface area contributed by atoms with E-state index in [1.807, 2.05) is 0 Å². The van der Waals surface area contributed by atoms with Gasteiger partial charge in [0.25, 0.3) is 0 Å². The van der Waals surface area contributed by atoms with E-state index in [1.165, 1.54) is 0 Å². The zero-order chi connectivity index (χ0) is 7.33. The minimum Gasteiger partial charge on any atom is -0.327 e. The Morgan fingerprint density at radius 1 is 1.44 bits per heavy atom. The molecule has 0 aliphatic heterocycles. The number of halogens is 2. The Bertz CT molecular complexity index is 109. The van der Waals surface area contributed by atoms with Gasteiger partial charge in [-0.2, -0.15) is 0 Å². The molecule has 0 bridgehead atoms. The van der Waals surface area contributed by atoms with Crippen LogP contribution in [0.15, 0.2) is 0 Å². The van der Waals surface area contributed by atoms with Gasteiger partial charge in [-0.3, -0.25) is 4.57 Å². The molecular weight excluding hydrogens is 182 g/mol. The van der Waals surface area contributed by atoms with Crippen molar-refractivity contribution in [3.8, 4) is 0 Å². The molecular formula is C4H9Cl2O2P. The standard InChI is InChI=1S/C4H9Cl2O2P/c1-2-8-9(7,3-5)4-6/h2-4H2,1H3. The number of rotatable bonds is 4. The Morgan fingerprint density at radius 2 is 1.89 bits per heavy atom. The lowest BCUT2D eigenvalue weighted by Crippen LogP contribution is -1.91. The third kappa shape index (κ3) is 3.47. The van der Waals surface area contributed by atoms with Gasteiger partial charge in [0, 0.05) is 0 Å². The maximum Gasteiger partial charge on any atom is 0.231 e. The second kappa shape index (κ2) is 4.56. The predicted octanol–water partition coefficient (Wildman–Crippen LogP) is 2.69. The van der Waals surface area contributed by atoms with Gasteiger partial charge in [0.15, 0.2) is 0 Å². The van der Waals surface area contributed by atoms with Crippen LogP contribution in [0.5, 0.6) is 0 Å². The van der Waals surface area contributed by atoms with E-state index < -0.39 is 7.37 Å². The van der Waals surface area contributed by atoms with Crippen LogP contribution >= 0.6 is 30.6 Å². The van der Waals surface area contributed by atoms with Gasteiger partial charge in [0.2, 0.25) is 7.37 Å². The highest BCUT2D eigenvalue weighted by atomic mass is 35.5. The van der Waals surface area contributed by atoms with E-state index in [2.05, 4.69) is 0 Å². The summed E-state index contributed by atoms with van der Waals surface area (Å²) in [6, 6.07) is 0. The highest BCUT2D eigenvalue weighted by Gasteiger charge is 2.18. The summed E-state index contributed by atoms with van der Waals surface area (Å²) in [6.45, 7) is 2.16. The molecule has 0 N–H and O–H groups in total. The molecule has 0 aromatic carbocycles. The summed E-state index contributed by atoms with van der Waals surface area (Å²) in [4.78, 5) is 0. The molecule has 0 aromatic heterocycles. The van der Waals surface area contributed by atoms with Crippen LogP contribution in [0.2, 0.25) is 0 Å². The fourth-order valence-corrected chi connectivity index (χ4v) is 2.19. The van der Waals surface area contributed by atoms with Gasteiger partial charge >= 0.3 is 0 Å². The van der Waals surface area contributed by atoms with E-state index >= 15 is 0 Å². The second-order valence-corrected chi connectivity index (χ2v) is 5.27. The van der Waals surface area contributed by atoms with Crippen molar-refractivity contribution in [1.29, 1.82) is 0 Å². The van der Waals surface area contributed by atoms with Gasteiger partial charge in [0.05, 0.1) is 6.61 Å². The lowest BCUT2D eigenvalue weighted by atomic mass is 10.9. The quantitative estimate of drug-likeness (QED) is 0.504. The highest BCUT2D eigenvalue weighted by Crippen LogP contribution is 2.48. The zero-order valence-electron chi connectivity index (χ0n) is 5.14. The monoisotopic (exact) mass is 190 g/mol. The molecule has 0 saturated heterocycles. The average Bonchev–Trinajstić information content (AvgIpc) is 1.89. The van der Waals surface area contributed by atoms with Crippen LogP contribution in [0, 0.1) is 0 Å². The number of hydrogen-bond donors (Lipinski definition) is 0. The van der Waals surface area contributed by atoms with Crippen LogP contribution < -0.4 is 0 Å².